The first-order valence-electron chi connectivity index (χ1n) is 12.5. The van der Waals surface area contributed by atoms with Crippen molar-refractivity contribution >= 4 is 33.2 Å². The Morgan fingerprint density at radius 1 is 1.14 bits per heavy atom. The van der Waals surface area contributed by atoms with Gasteiger partial charge in [-0.05, 0) is 63.2 Å². The Bertz CT molecular complexity index is 1450. The monoisotopic (exact) mass is 482 g/mol. The van der Waals surface area contributed by atoms with Gasteiger partial charge in [-0.25, -0.2) is 4.98 Å². The molecule has 8 nitrogen and oxygen atoms in total. The van der Waals surface area contributed by atoms with Crippen molar-refractivity contribution in [3.05, 3.63) is 66.7 Å². The Balaban J connectivity index is 1.53. The van der Waals surface area contributed by atoms with Gasteiger partial charge in [-0.1, -0.05) is 18.7 Å². The van der Waals surface area contributed by atoms with E-state index in [1.165, 1.54) is 0 Å². The van der Waals surface area contributed by atoms with Gasteiger partial charge in [0.25, 0.3) is 0 Å². The maximum absolute atomic E-state index is 5.01. The minimum Gasteiger partial charge on any atom is -0.383 e. The minimum atomic E-state index is 0.327. The number of anilines is 1. The minimum absolute atomic E-state index is 0.327. The molecule has 186 valence electrons. The van der Waals surface area contributed by atoms with Gasteiger partial charge in [-0.15, -0.1) is 0 Å². The molecule has 0 amide bonds. The van der Waals surface area contributed by atoms with Crippen molar-refractivity contribution in [2.45, 2.75) is 26.8 Å². The van der Waals surface area contributed by atoms with Crippen molar-refractivity contribution in [1.82, 2.24) is 35.4 Å². The van der Waals surface area contributed by atoms with Crippen LogP contribution in [0.15, 0.2) is 61.1 Å². The number of aromatic nitrogens is 5. The number of nitrogens with zero attached hydrogens (tertiary/aromatic N) is 5. The first-order chi connectivity index (χ1) is 17.5. The quantitative estimate of drug-likeness (QED) is 0.330. The molecule has 0 bridgehead atoms. The fourth-order valence-electron chi connectivity index (χ4n) is 4.68. The average molecular weight is 483 g/mol. The summed E-state index contributed by atoms with van der Waals surface area (Å²) in [4.78, 5) is 17.7. The number of nitrogens with one attached hydrogen (secondary N) is 3. The normalized spacial score (nSPS) is 15.9. The molecule has 4 aromatic rings. The van der Waals surface area contributed by atoms with E-state index in [9.17, 15) is 0 Å². The number of likely N-dealkylation sites (N-methyl/N-ethyl adjacent to an activating group) is 1. The number of allylic oxidation sites excluding steroid dienone is 4. The zero-order valence-corrected chi connectivity index (χ0v) is 21.5. The molecule has 0 radical (unpaired) electrons. The van der Waals surface area contributed by atoms with Crippen molar-refractivity contribution in [3.8, 4) is 11.5 Å². The van der Waals surface area contributed by atoms with Gasteiger partial charge in [0, 0.05) is 43.3 Å². The van der Waals surface area contributed by atoms with E-state index in [1.54, 1.807) is 0 Å². The predicted octanol–water partition coefficient (Wildman–Crippen LogP) is 4.72. The van der Waals surface area contributed by atoms with Crippen LogP contribution in [0.1, 0.15) is 26.3 Å². The Morgan fingerprint density at radius 3 is 2.67 bits per heavy atom. The number of rotatable bonds is 7. The van der Waals surface area contributed by atoms with Crippen LogP contribution in [0.5, 0.6) is 0 Å². The first-order valence-corrected chi connectivity index (χ1v) is 12.5. The Hall–Kier alpha value is -3.91. The second-order valence-electron chi connectivity index (χ2n) is 9.61. The second-order valence-corrected chi connectivity index (χ2v) is 9.61. The molecule has 0 aliphatic carbocycles. The number of H-pyrrole nitrogens is 2. The van der Waals surface area contributed by atoms with Gasteiger partial charge in [-0.2, -0.15) is 5.10 Å². The third kappa shape index (κ3) is 4.64. The van der Waals surface area contributed by atoms with E-state index >= 15 is 0 Å². The molecule has 1 aliphatic rings. The number of aromatic amines is 2. The number of piperazine rings is 1. The molecule has 5 rings (SSSR count). The summed E-state index contributed by atoms with van der Waals surface area (Å²) >= 11 is 0. The summed E-state index contributed by atoms with van der Waals surface area (Å²) in [6.07, 6.45) is 9.86. The summed E-state index contributed by atoms with van der Waals surface area (Å²) in [6.45, 7) is 14.2. The number of hydrogen-bond donors (Lipinski definition) is 3. The third-order valence-electron chi connectivity index (χ3n) is 6.64. The number of fused-ring (bicyclic) bond motifs is 2. The molecule has 3 N–H and O–H groups in total. The fourth-order valence-corrected chi connectivity index (χ4v) is 4.68. The summed E-state index contributed by atoms with van der Waals surface area (Å²) in [5.41, 5.74) is 7.90. The molecule has 0 atom stereocenters. The molecule has 36 heavy (non-hydrogen) atoms. The zero-order chi connectivity index (χ0) is 25.2. The van der Waals surface area contributed by atoms with E-state index in [0.717, 1.165) is 82.2 Å². The molecule has 1 saturated heterocycles. The lowest BCUT2D eigenvalue weighted by molar-refractivity contribution is 0.313. The molecule has 3 aromatic heterocycles. The third-order valence-corrected chi connectivity index (χ3v) is 6.64. The van der Waals surface area contributed by atoms with Crippen LogP contribution in [-0.2, 0) is 0 Å². The van der Waals surface area contributed by atoms with Crippen LogP contribution < -0.4 is 10.2 Å². The molecule has 0 spiro atoms. The SMILES string of the molecule is C=C/C(=C\C(=C/C)c1ccc2[nH]nc(-c3nc4c(N5CCN(C)CC5)cncc4[nH]3)c2c1)NC(C)C. The highest BCUT2D eigenvalue weighted by atomic mass is 15.3. The standard InChI is InChI=1S/C28H34N8/c1-6-19(14-21(7-2)30-18(3)4)20-8-9-23-22(15-20)26(34-33-23)28-31-24-16-29-17-25(27(24)32-28)36-12-10-35(5)11-13-36/h6-9,14-18,30H,2,10-13H2,1,3-5H3,(H,31,32)(H,33,34)/b19-6+,21-14+. The van der Waals surface area contributed by atoms with Gasteiger partial charge in [0.1, 0.15) is 11.2 Å². The molecule has 0 saturated carbocycles. The van der Waals surface area contributed by atoms with Crippen molar-refractivity contribution in [1.29, 1.82) is 0 Å². The van der Waals surface area contributed by atoms with Gasteiger partial charge in [0.05, 0.1) is 29.1 Å². The summed E-state index contributed by atoms with van der Waals surface area (Å²) in [7, 11) is 2.16. The molecule has 4 heterocycles. The van der Waals surface area contributed by atoms with E-state index in [-0.39, 0.29) is 0 Å². The number of pyridine rings is 1. The predicted molar refractivity (Wildman–Crippen MR) is 149 cm³/mol. The smallest absolute Gasteiger partial charge is 0.159 e. The second kappa shape index (κ2) is 9.99. The lowest BCUT2D eigenvalue weighted by atomic mass is 10.0. The van der Waals surface area contributed by atoms with Gasteiger partial charge in [0.15, 0.2) is 5.82 Å². The lowest BCUT2D eigenvalue weighted by Gasteiger charge is -2.33. The van der Waals surface area contributed by atoms with E-state index in [4.69, 9.17) is 4.98 Å². The van der Waals surface area contributed by atoms with Crippen LogP contribution in [-0.4, -0.2) is 69.3 Å². The van der Waals surface area contributed by atoms with E-state index < -0.39 is 0 Å². The highest BCUT2D eigenvalue weighted by Crippen LogP contribution is 2.32. The van der Waals surface area contributed by atoms with Gasteiger partial charge < -0.3 is 20.1 Å². The average Bonchev–Trinajstić information content (AvgIpc) is 3.50. The summed E-state index contributed by atoms with van der Waals surface area (Å²) in [6, 6.07) is 6.68. The zero-order valence-electron chi connectivity index (χ0n) is 21.5. The molecule has 1 aromatic carbocycles. The maximum Gasteiger partial charge on any atom is 0.159 e. The molecule has 8 heteroatoms. The van der Waals surface area contributed by atoms with E-state index in [1.807, 2.05) is 18.5 Å². The van der Waals surface area contributed by atoms with Crippen LogP contribution >= 0.6 is 0 Å². The van der Waals surface area contributed by atoms with E-state index in [2.05, 4.69) is 100 Å². The molecule has 1 aliphatic heterocycles. The largest absolute Gasteiger partial charge is 0.383 e. The maximum atomic E-state index is 5.01. The summed E-state index contributed by atoms with van der Waals surface area (Å²) < 4.78 is 0. The summed E-state index contributed by atoms with van der Waals surface area (Å²) in [5.74, 6) is 0.739. The fraction of sp³-hybridized carbons (Fsp3) is 0.321. The van der Waals surface area contributed by atoms with Crippen LogP contribution in [0.4, 0.5) is 5.69 Å². The Morgan fingerprint density at radius 2 is 1.94 bits per heavy atom. The highest BCUT2D eigenvalue weighted by molar-refractivity contribution is 5.97. The van der Waals surface area contributed by atoms with Crippen LogP contribution in [0.3, 0.4) is 0 Å². The Kier molecular flexibility index (Phi) is 6.61. The lowest BCUT2D eigenvalue weighted by Crippen LogP contribution is -2.44. The molecular formula is C28H34N8. The topological polar surface area (TPSA) is 88.8 Å². The van der Waals surface area contributed by atoms with Crippen molar-refractivity contribution in [3.63, 3.8) is 0 Å². The van der Waals surface area contributed by atoms with Crippen LogP contribution in [0.25, 0.3) is 39.0 Å². The Labute approximate surface area is 211 Å². The van der Waals surface area contributed by atoms with Gasteiger partial charge >= 0.3 is 0 Å². The first kappa shape index (κ1) is 23.8. The number of imidazole rings is 1. The van der Waals surface area contributed by atoms with Gasteiger partial charge in [0.2, 0.25) is 0 Å². The van der Waals surface area contributed by atoms with Crippen molar-refractivity contribution in [2.24, 2.45) is 0 Å². The van der Waals surface area contributed by atoms with Crippen LogP contribution in [0, 0.1) is 0 Å². The molecule has 0 unspecified atom stereocenters. The highest BCUT2D eigenvalue weighted by Gasteiger charge is 2.20. The van der Waals surface area contributed by atoms with E-state index in [0.29, 0.717) is 6.04 Å². The van der Waals surface area contributed by atoms with Gasteiger partial charge in [-0.3, -0.25) is 10.1 Å². The van der Waals surface area contributed by atoms with Crippen molar-refractivity contribution in [2.75, 3.05) is 38.1 Å². The van der Waals surface area contributed by atoms with Crippen molar-refractivity contribution < 1.29 is 0 Å². The number of benzene rings is 1. The molecule has 1 fully saturated rings. The number of hydrogen-bond acceptors (Lipinski definition) is 6. The van der Waals surface area contributed by atoms with Crippen LogP contribution in [0.2, 0.25) is 0 Å². The summed E-state index contributed by atoms with van der Waals surface area (Å²) in [5, 5.41) is 12.3. The molecular weight excluding hydrogens is 448 g/mol.